The third-order valence-corrected chi connectivity index (χ3v) is 3.69. The summed E-state index contributed by atoms with van der Waals surface area (Å²) in [5.74, 6) is 0. The highest BCUT2D eigenvalue weighted by atomic mass is 16.6. The normalized spacial score (nSPS) is 17.0. The Morgan fingerprint density at radius 1 is 1.10 bits per heavy atom. The SMILES string of the molecule is O=c1c(-c2ccccc2)nc2ccccc2n1C[C@H]1CO1. The fraction of sp³-hybridized carbons (Fsp3) is 0.176. The lowest BCUT2D eigenvalue weighted by atomic mass is 10.1. The number of hydrogen-bond acceptors (Lipinski definition) is 3. The molecule has 0 spiro atoms. The molecule has 4 nitrogen and oxygen atoms in total. The van der Waals surface area contributed by atoms with Crippen molar-refractivity contribution in [3.8, 4) is 11.3 Å². The molecule has 1 atom stereocenters. The molecule has 4 rings (SSSR count). The summed E-state index contributed by atoms with van der Waals surface area (Å²) in [4.78, 5) is 17.4. The molecule has 104 valence electrons. The summed E-state index contributed by atoms with van der Waals surface area (Å²) in [5, 5.41) is 0. The van der Waals surface area contributed by atoms with Gasteiger partial charge < -0.3 is 9.30 Å². The molecule has 1 aliphatic rings. The van der Waals surface area contributed by atoms with Crippen LogP contribution in [0.15, 0.2) is 59.4 Å². The topological polar surface area (TPSA) is 47.4 Å². The van der Waals surface area contributed by atoms with E-state index in [1.165, 1.54) is 0 Å². The summed E-state index contributed by atoms with van der Waals surface area (Å²) in [7, 11) is 0. The van der Waals surface area contributed by atoms with Crippen LogP contribution in [0, 0.1) is 0 Å². The van der Waals surface area contributed by atoms with Crippen molar-refractivity contribution in [3.05, 3.63) is 65.0 Å². The van der Waals surface area contributed by atoms with Gasteiger partial charge in [-0.1, -0.05) is 42.5 Å². The molecule has 1 fully saturated rings. The van der Waals surface area contributed by atoms with E-state index in [1.807, 2.05) is 54.6 Å². The summed E-state index contributed by atoms with van der Waals surface area (Å²) in [6, 6.07) is 17.3. The van der Waals surface area contributed by atoms with Crippen molar-refractivity contribution < 1.29 is 4.74 Å². The quantitative estimate of drug-likeness (QED) is 0.691. The van der Waals surface area contributed by atoms with Crippen LogP contribution in [0.5, 0.6) is 0 Å². The molecular formula is C17H14N2O2. The first-order valence-corrected chi connectivity index (χ1v) is 6.99. The summed E-state index contributed by atoms with van der Waals surface area (Å²) in [6.45, 7) is 1.31. The second kappa shape index (κ2) is 4.82. The number of fused-ring (bicyclic) bond motifs is 1. The van der Waals surface area contributed by atoms with E-state index in [0.717, 1.165) is 23.2 Å². The smallest absolute Gasteiger partial charge is 0.277 e. The van der Waals surface area contributed by atoms with E-state index < -0.39 is 0 Å². The minimum Gasteiger partial charge on any atom is -0.371 e. The van der Waals surface area contributed by atoms with Crippen LogP contribution in [0.25, 0.3) is 22.3 Å². The van der Waals surface area contributed by atoms with Gasteiger partial charge in [-0.25, -0.2) is 4.98 Å². The third-order valence-electron chi connectivity index (χ3n) is 3.69. The maximum Gasteiger partial charge on any atom is 0.277 e. The van der Waals surface area contributed by atoms with Crippen LogP contribution in [0.2, 0.25) is 0 Å². The van der Waals surface area contributed by atoms with Gasteiger partial charge in [0, 0.05) is 5.56 Å². The largest absolute Gasteiger partial charge is 0.371 e. The van der Waals surface area contributed by atoms with Crippen molar-refractivity contribution in [2.45, 2.75) is 12.6 Å². The van der Waals surface area contributed by atoms with E-state index in [0.29, 0.717) is 12.2 Å². The molecule has 0 radical (unpaired) electrons. The fourth-order valence-electron chi connectivity index (χ4n) is 2.53. The molecule has 2 heterocycles. The fourth-order valence-corrected chi connectivity index (χ4v) is 2.53. The zero-order valence-electron chi connectivity index (χ0n) is 11.4. The Bertz CT molecular complexity index is 852. The number of ether oxygens (including phenoxy) is 1. The Balaban J connectivity index is 1.99. The average Bonchev–Trinajstić information content (AvgIpc) is 3.35. The Morgan fingerprint density at radius 3 is 2.57 bits per heavy atom. The van der Waals surface area contributed by atoms with Gasteiger partial charge in [0.15, 0.2) is 0 Å². The standard InChI is InChI=1S/C17H14N2O2/c20-17-16(12-6-2-1-3-7-12)18-14-8-4-5-9-15(14)19(17)10-13-11-21-13/h1-9,13H,10-11H2/t13-/m0/s1. The van der Waals surface area contributed by atoms with Gasteiger partial charge in [0.05, 0.1) is 30.3 Å². The number of rotatable bonds is 3. The lowest BCUT2D eigenvalue weighted by Gasteiger charge is -2.11. The predicted molar refractivity (Wildman–Crippen MR) is 81.2 cm³/mol. The summed E-state index contributed by atoms with van der Waals surface area (Å²) in [5.41, 5.74) is 2.97. The van der Waals surface area contributed by atoms with E-state index in [9.17, 15) is 4.79 Å². The molecule has 1 aliphatic heterocycles. The van der Waals surface area contributed by atoms with Crippen LogP contribution in [0.4, 0.5) is 0 Å². The summed E-state index contributed by atoms with van der Waals surface area (Å²) < 4.78 is 7.06. The maximum absolute atomic E-state index is 12.8. The second-order valence-corrected chi connectivity index (χ2v) is 5.19. The van der Waals surface area contributed by atoms with Crippen molar-refractivity contribution in [2.24, 2.45) is 0 Å². The number of para-hydroxylation sites is 2. The number of aromatic nitrogens is 2. The molecule has 1 saturated heterocycles. The van der Waals surface area contributed by atoms with Gasteiger partial charge in [-0.2, -0.15) is 0 Å². The van der Waals surface area contributed by atoms with Crippen molar-refractivity contribution in [1.29, 1.82) is 0 Å². The highest BCUT2D eigenvalue weighted by Crippen LogP contribution is 2.19. The number of nitrogens with zero attached hydrogens (tertiary/aromatic N) is 2. The van der Waals surface area contributed by atoms with E-state index in [-0.39, 0.29) is 11.7 Å². The van der Waals surface area contributed by atoms with Gasteiger partial charge in [0.1, 0.15) is 5.69 Å². The van der Waals surface area contributed by atoms with Crippen LogP contribution < -0.4 is 5.56 Å². The molecule has 0 unspecified atom stereocenters. The first kappa shape index (κ1) is 12.3. The van der Waals surface area contributed by atoms with E-state index in [4.69, 9.17) is 4.74 Å². The van der Waals surface area contributed by atoms with Crippen molar-refractivity contribution in [3.63, 3.8) is 0 Å². The zero-order valence-corrected chi connectivity index (χ0v) is 11.4. The Morgan fingerprint density at radius 2 is 1.81 bits per heavy atom. The second-order valence-electron chi connectivity index (χ2n) is 5.19. The van der Waals surface area contributed by atoms with E-state index >= 15 is 0 Å². The molecule has 1 aromatic heterocycles. The third kappa shape index (κ3) is 2.23. The number of benzene rings is 2. The van der Waals surface area contributed by atoms with Crippen molar-refractivity contribution in [1.82, 2.24) is 9.55 Å². The van der Waals surface area contributed by atoms with Gasteiger partial charge >= 0.3 is 0 Å². The first-order valence-electron chi connectivity index (χ1n) is 6.99. The molecule has 3 aromatic rings. The number of epoxide rings is 1. The van der Waals surface area contributed by atoms with Gasteiger partial charge in [-0.05, 0) is 12.1 Å². The van der Waals surface area contributed by atoms with Crippen molar-refractivity contribution in [2.75, 3.05) is 6.61 Å². The van der Waals surface area contributed by atoms with Crippen LogP contribution in [0.1, 0.15) is 0 Å². The number of hydrogen-bond donors (Lipinski definition) is 0. The molecule has 4 heteroatoms. The summed E-state index contributed by atoms with van der Waals surface area (Å²) >= 11 is 0. The molecular weight excluding hydrogens is 264 g/mol. The summed E-state index contributed by atoms with van der Waals surface area (Å²) in [6.07, 6.45) is 0.150. The average molecular weight is 278 g/mol. The lowest BCUT2D eigenvalue weighted by Crippen LogP contribution is -2.25. The Kier molecular flexibility index (Phi) is 2.82. The van der Waals surface area contributed by atoms with Gasteiger partial charge in [-0.15, -0.1) is 0 Å². The molecule has 21 heavy (non-hydrogen) atoms. The first-order chi connectivity index (χ1) is 10.3. The molecule has 2 aromatic carbocycles. The molecule has 0 saturated carbocycles. The molecule has 0 N–H and O–H groups in total. The Hall–Kier alpha value is -2.46. The van der Waals surface area contributed by atoms with Gasteiger partial charge in [-0.3, -0.25) is 4.79 Å². The van der Waals surface area contributed by atoms with Crippen LogP contribution in [0.3, 0.4) is 0 Å². The predicted octanol–water partition coefficient (Wildman–Crippen LogP) is 2.46. The van der Waals surface area contributed by atoms with Gasteiger partial charge in [0.25, 0.3) is 5.56 Å². The van der Waals surface area contributed by atoms with Gasteiger partial charge in [0.2, 0.25) is 0 Å². The maximum atomic E-state index is 12.8. The van der Waals surface area contributed by atoms with Crippen LogP contribution in [-0.2, 0) is 11.3 Å². The molecule has 0 amide bonds. The monoisotopic (exact) mass is 278 g/mol. The van der Waals surface area contributed by atoms with Crippen LogP contribution >= 0.6 is 0 Å². The van der Waals surface area contributed by atoms with E-state index in [2.05, 4.69) is 4.98 Å². The minimum atomic E-state index is -0.0598. The van der Waals surface area contributed by atoms with Crippen LogP contribution in [-0.4, -0.2) is 22.3 Å². The van der Waals surface area contributed by atoms with Crippen molar-refractivity contribution >= 4 is 11.0 Å². The highest BCUT2D eigenvalue weighted by Gasteiger charge is 2.25. The Labute approximate surface area is 121 Å². The highest BCUT2D eigenvalue weighted by molar-refractivity contribution is 5.77. The molecule has 0 bridgehead atoms. The lowest BCUT2D eigenvalue weighted by molar-refractivity contribution is 0.383. The molecule has 0 aliphatic carbocycles. The zero-order chi connectivity index (χ0) is 14.2. The minimum absolute atomic E-state index is 0.0598. The van der Waals surface area contributed by atoms with E-state index in [1.54, 1.807) is 4.57 Å².